The first-order valence-corrected chi connectivity index (χ1v) is 9.16. The van der Waals surface area contributed by atoms with E-state index < -0.39 is 0 Å². The molecule has 1 heterocycles. The quantitative estimate of drug-likeness (QED) is 0.794. The Morgan fingerprint density at radius 2 is 2.10 bits per heavy atom. The van der Waals surface area contributed by atoms with E-state index in [1.165, 1.54) is 5.56 Å². The Morgan fingerprint density at radius 3 is 2.71 bits per heavy atom. The molecular formula is C17H27NO2S. The molecule has 2 unspecified atom stereocenters. The summed E-state index contributed by atoms with van der Waals surface area (Å²) in [6.45, 7) is 6.97. The van der Waals surface area contributed by atoms with Gasteiger partial charge in [0.15, 0.2) is 0 Å². The fourth-order valence-corrected chi connectivity index (χ4v) is 3.36. The molecule has 2 atom stereocenters. The Morgan fingerprint density at radius 1 is 1.29 bits per heavy atom. The lowest BCUT2D eigenvalue weighted by Crippen LogP contribution is -2.38. The van der Waals surface area contributed by atoms with Crippen LogP contribution in [0.15, 0.2) is 24.3 Å². The zero-order valence-corrected chi connectivity index (χ0v) is 14.0. The molecule has 1 fully saturated rings. The fourth-order valence-electron chi connectivity index (χ4n) is 2.45. The Labute approximate surface area is 132 Å². The lowest BCUT2D eigenvalue weighted by molar-refractivity contribution is 0.0468. The summed E-state index contributed by atoms with van der Waals surface area (Å²) in [4.78, 5) is 0. The standard InChI is InChI=1S/C17H27NO2S/c1-3-9-18-17(16-13-21-12-11-20-16)14-5-7-15(8-6-14)19-10-4-2/h5-8,16-18H,3-4,9-13H2,1-2H3. The van der Waals surface area contributed by atoms with E-state index in [1.807, 2.05) is 11.8 Å². The van der Waals surface area contributed by atoms with Gasteiger partial charge in [-0.15, -0.1) is 0 Å². The molecule has 0 bridgehead atoms. The first-order valence-electron chi connectivity index (χ1n) is 8.00. The number of ether oxygens (including phenoxy) is 2. The van der Waals surface area contributed by atoms with Crippen molar-refractivity contribution in [3.8, 4) is 5.75 Å². The third kappa shape index (κ3) is 5.20. The molecule has 1 saturated heterocycles. The topological polar surface area (TPSA) is 30.5 Å². The highest BCUT2D eigenvalue weighted by atomic mass is 32.2. The Kier molecular flexibility index (Phi) is 7.41. The van der Waals surface area contributed by atoms with Gasteiger partial charge in [-0.2, -0.15) is 11.8 Å². The average molecular weight is 309 g/mol. The normalized spacial score (nSPS) is 20.2. The molecule has 0 aromatic heterocycles. The molecule has 2 rings (SSSR count). The van der Waals surface area contributed by atoms with Gasteiger partial charge < -0.3 is 14.8 Å². The highest BCUT2D eigenvalue weighted by Crippen LogP contribution is 2.27. The van der Waals surface area contributed by atoms with Crippen molar-refractivity contribution in [1.29, 1.82) is 0 Å². The first-order chi connectivity index (χ1) is 10.3. The maximum atomic E-state index is 5.97. The van der Waals surface area contributed by atoms with Gasteiger partial charge in [0.05, 0.1) is 25.4 Å². The van der Waals surface area contributed by atoms with Crippen molar-refractivity contribution in [1.82, 2.24) is 5.32 Å². The minimum atomic E-state index is 0.262. The highest BCUT2D eigenvalue weighted by molar-refractivity contribution is 7.99. The van der Waals surface area contributed by atoms with Crippen LogP contribution in [0.3, 0.4) is 0 Å². The summed E-state index contributed by atoms with van der Waals surface area (Å²) in [5.74, 6) is 3.13. The highest BCUT2D eigenvalue weighted by Gasteiger charge is 2.25. The predicted molar refractivity (Wildman–Crippen MR) is 90.3 cm³/mol. The van der Waals surface area contributed by atoms with E-state index in [1.54, 1.807) is 0 Å². The molecule has 21 heavy (non-hydrogen) atoms. The number of nitrogens with one attached hydrogen (secondary N) is 1. The van der Waals surface area contributed by atoms with Crippen LogP contribution < -0.4 is 10.1 Å². The zero-order chi connectivity index (χ0) is 14.9. The van der Waals surface area contributed by atoms with Crippen molar-refractivity contribution in [2.24, 2.45) is 0 Å². The summed E-state index contributed by atoms with van der Waals surface area (Å²) in [6, 6.07) is 8.75. The summed E-state index contributed by atoms with van der Waals surface area (Å²) >= 11 is 1.98. The number of rotatable bonds is 8. The van der Waals surface area contributed by atoms with Crippen LogP contribution in [0, 0.1) is 0 Å². The van der Waals surface area contributed by atoms with E-state index in [0.29, 0.717) is 0 Å². The molecule has 1 aliphatic rings. The van der Waals surface area contributed by atoms with Crippen LogP contribution in [0.5, 0.6) is 5.75 Å². The van der Waals surface area contributed by atoms with Crippen molar-refractivity contribution in [2.75, 3.05) is 31.3 Å². The van der Waals surface area contributed by atoms with E-state index in [-0.39, 0.29) is 12.1 Å². The molecule has 1 N–H and O–H groups in total. The van der Waals surface area contributed by atoms with Gasteiger partial charge in [0.1, 0.15) is 5.75 Å². The maximum absolute atomic E-state index is 5.97. The van der Waals surface area contributed by atoms with Crippen LogP contribution in [0.25, 0.3) is 0 Å². The molecule has 3 nitrogen and oxygen atoms in total. The van der Waals surface area contributed by atoms with Crippen LogP contribution >= 0.6 is 11.8 Å². The van der Waals surface area contributed by atoms with E-state index in [2.05, 4.69) is 43.4 Å². The third-order valence-corrected chi connectivity index (χ3v) is 4.56. The van der Waals surface area contributed by atoms with E-state index in [9.17, 15) is 0 Å². The van der Waals surface area contributed by atoms with Crippen molar-refractivity contribution in [3.63, 3.8) is 0 Å². The molecular weight excluding hydrogens is 282 g/mol. The predicted octanol–water partition coefficient (Wildman–Crippen LogP) is 3.65. The second kappa shape index (κ2) is 9.34. The minimum Gasteiger partial charge on any atom is -0.494 e. The van der Waals surface area contributed by atoms with Gasteiger partial charge in [0.2, 0.25) is 0 Å². The van der Waals surface area contributed by atoms with Gasteiger partial charge in [-0.25, -0.2) is 0 Å². The fraction of sp³-hybridized carbons (Fsp3) is 0.647. The van der Waals surface area contributed by atoms with Crippen LogP contribution in [0.1, 0.15) is 38.3 Å². The van der Waals surface area contributed by atoms with E-state index in [0.717, 1.165) is 49.9 Å². The summed E-state index contributed by atoms with van der Waals surface area (Å²) in [5, 5.41) is 3.64. The van der Waals surface area contributed by atoms with E-state index in [4.69, 9.17) is 9.47 Å². The molecule has 0 saturated carbocycles. The lowest BCUT2D eigenvalue weighted by Gasteiger charge is -2.31. The average Bonchev–Trinajstić information content (AvgIpc) is 2.55. The maximum Gasteiger partial charge on any atom is 0.119 e. The van der Waals surface area contributed by atoms with Crippen LogP contribution in [0.2, 0.25) is 0 Å². The van der Waals surface area contributed by atoms with Crippen LogP contribution in [-0.4, -0.2) is 37.4 Å². The molecule has 0 spiro atoms. The SMILES string of the molecule is CCCNC(c1ccc(OCCC)cc1)C1CSCCO1. The monoisotopic (exact) mass is 309 g/mol. The largest absolute Gasteiger partial charge is 0.494 e. The lowest BCUT2D eigenvalue weighted by atomic mass is 10.0. The summed E-state index contributed by atoms with van der Waals surface area (Å²) < 4.78 is 11.6. The molecule has 0 amide bonds. The van der Waals surface area contributed by atoms with Crippen molar-refractivity contribution in [3.05, 3.63) is 29.8 Å². The second-order valence-corrected chi connectivity index (χ2v) is 6.48. The Bertz CT molecular complexity index is 390. The zero-order valence-electron chi connectivity index (χ0n) is 13.1. The molecule has 1 aromatic carbocycles. The van der Waals surface area contributed by atoms with Gasteiger partial charge in [-0.05, 0) is 37.1 Å². The molecule has 118 valence electrons. The smallest absolute Gasteiger partial charge is 0.119 e. The van der Waals surface area contributed by atoms with Crippen molar-refractivity contribution in [2.45, 2.75) is 38.8 Å². The summed E-state index contributed by atoms with van der Waals surface area (Å²) in [6.07, 6.45) is 2.43. The van der Waals surface area contributed by atoms with E-state index >= 15 is 0 Å². The van der Waals surface area contributed by atoms with Crippen LogP contribution in [0.4, 0.5) is 0 Å². The van der Waals surface area contributed by atoms with Gasteiger partial charge in [-0.1, -0.05) is 26.0 Å². The third-order valence-electron chi connectivity index (χ3n) is 3.54. The Balaban J connectivity index is 2.04. The van der Waals surface area contributed by atoms with Crippen LogP contribution in [-0.2, 0) is 4.74 Å². The van der Waals surface area contributed by atoms with Crippen molar-refractivity contribution >= 4 is 11.8 Å². The van der Waals surface area contributed by atoms with Gasteiger partial charge in [0.25, 0.3) is 0 Å². The number of hydrogen-bond acceptors (Lipinski definition) is 4. The molecule has 1 aromatic rings. The second-order valence-electron chi connectivity index (χ2n) is 5.33. The van der Waals surface area contributed by atoms with Gasteiger partial charge in [0, 0.05) is 11.5 Å². The number of benzene rings is 1. The number of hydrogen-bond donors (Lipinski definition) is 1. The first kappa shape index (κ1) is 16.7. The van der Waals surface area contributed by atoms with Gasteiger partial charge in [-0.3, -0.25) is 0 Å². The molecule has 0 radical (unpaired) electrons. The molecule has 0 aliphatic carbocycles. The number of thioether (sulfide) groups is 1. The summed E-state index contributed by atoms with van der Waals surface area (Å²) in [5.41, 5.74) is 1.29. The van der Waals surface area contributed by atoms with Gasteiger partial charge >= 0.3 is 0 Å². The molecule has 4 heteroatoms. The molecule has 1 aliphatic heterocycles. The van der Waals surface area contributed by atoms with Crippen molar-refractivity contribution < 1.29 is 9.47 Å². The Hall–Kier alpha value is -0.710. The minimum absolute atomic E-state index is 0.262. The summed E-state index contributed by atoms with van der Waals surface area (Å²) in [7, 11) is 0.